The third-order valence-corrected chi connectivity index (χ3v) is 3.71. The number of aromatic nitrogens is 3. The molecule has 0 aliphatic heterocycles. The normalized spacial score (nSPS) is 12.4. The topological polar surface area (TPSA) is 111 Å². The van der Waals surface area contributed by atoms with E-state index in [1.54, 1.807) is 7.05 Å². The molecule has 0 aromatic carbocycles. The molecule has 0 spiro atoms. The van der Waals surface area contributed by atoms with Gasteiger partial charge in [-0.2, -0.15) is 5.10 Å². The van der Waals surface area contributed by atoms with Crippen molar-refractivity contribution in [3.63, 3.8) is 0 Å². The highest BCUT2D eigenvalue weighted by molar-refractivity contribution is 7.80. The van der Waals surface area contributed by atoms with Crippen LogP contribution in [-0.2, 0) is 18.3 Å². The van der Waals surface area contributed by atoms with Gasteiger partial charge in [0.15, 0.2) is 5.76 Å². The number of nitrogens with one attached hydrogen (secondary N) is 1. The molecule has 2 aromatic heterocycles. The Bertz CT molecular complexity index is 944. The minimum absolute atomic E-state index is 0.171. The molecule has 0 aliphatic carbocycles. The van der Waals surface area contributed by atoms with Gasteiger partial charge in [-0.3, -0.25) is 10.2 Å². The number of hydrogen-bond donors (Lipinski definition) is 3. The molecule has 2 aromatic rings. The van der Waals surface area contributed by atoms with Gasteiger partial charge < -0.3 is 15.0 Å². The van der Waals surface area contributed by atoms with E-state index in [1.807, 2.05) is 0 Å². The molecule has 0 saturated carbocycles. The number of rotatable bonds is 5. The quantitative estimate of drug-likeness (QED) is 0.420. The second-order valence-electron chi connectivity index (χ2n) is 4.82. The van der Waals surface area contributed by atoms with Crippen molar-refractivity contribution in [2.45, 2.75) is 17.8 Å². The first-order valence-electron chi connectivity index (χ1n) is 6.60. The number of nitrogens with two attached hydrogens (primary N) is 1. The highest BCUT2D eigenvalue weighted by Gasteiger charge is 2.33. The van der Waals surface area contributed by atoms with Gasteiger partial charge in [-0.15, -0.1) is 25.8 Å². The highest BCUT2D eigenvalue weighted by atomic mass is 32.1. The van der Waals surface area contributed by atoms with Crippen LogP contribution in [0.1, 0.15) is 0 Å². The van der Waals surface area contributed by atoms with Gasteiger partial charge in [0.05, 0.1) is 23.3 Å². The Morgan fingerprint density at radius 2 is 2.24 bits per heavy atom. The fourth-order valence-corrected chi connectivity index (χ4v) is 2.59. The smallest absolute Gasteiger partial charge is 0.402 e. The van der Waals surface area contributed by atoms with Gasteiger partial charge in [0.25, 0.3) is 5.56 Å². The lowest BCUT2D eigenvalue weighted by atomic mass is 10.3. The molecule has 0 radical (unpaired) electrons. The number of ether oxygens (including phenoxy) is 1. The van der Waals surface area contributed by atoms with Crippen molar-refractivity contribution in [1.29, 1.82) is 5.41 Å². The van der Waals surface area contributed by atoms with E-state index in [4.69, 9.17) is 11.1 Å². The van der Waals surface area contributed by atoms with Gasteiger partial charge in [0.1, 0.15) is 11.3 Å². The summed E-state index contributed by atoms with van der Waals surface area (Å²) in [5, 5.41) is 11.9. The van der Waals surface area contributed by atoms with Gasteiger partial charge in [0.2, 0.25) is 0 Å². The molecule has 0 amide bonds. The second-order valence-corrected chi connectivity index (χ2v) is 5.26. The lowest BCUT2D eigenvalue weighted by Crippen LogP contribution is -2.29. The predicted molar refractivity (Wildman–Crippen MR) is 88.6 cm³/mol. The minimum Gasteiger partial charge on any atom is -0.402 e. The summed E-state index contributed by atoms with van der Waals surface area (Å²) >= 11 is 4.26. The number of fused-ring (bicyclic) bond motifs is 1. The highest BCUT2D eigenvalue weighted by Crippen LogP contribution is 2.31. The molecule has 0 atom stereocenters. The van der Waals surface area contributed by atoms with E-state index in [-0.39, 0.29) is 5.52 Å². The van der Waals surface area contributed by atoms with Gasteiger partial charge in [0, 0.05) is 18.6 Å². The number of halogens is 3. The molecule has 12 heteroatoms. The lowest BCUT2D eigenvalue weighted by Gasteiger charge is -2.13. The first-order chi connectivity index (χ1) is 11.6. The van der Waals surface area contributed by atoms with Crippen LogP contribution in [0.3, 0.4) is 0 Å². The fraction of sp³-hybridized carbons (Fsp3) is 0.231. The zero-order valence-electron chi connectivity index (χ0n) is 12.8. The van der Waals surface area contributed by atoms with Crippen molar-refractivity contribution in [2.75, 3.05) is 0 Å². The van der Waals surface area contributed by atoms with E-state index >= 15 is 0 Å². The third kappa shape index (κ3) is 3.52. The van der Waals surface area contributed by atoms with E-state index in [9.17, 15) is 18.0 Å². The van der Waals surface area contributed by atoms with Crippen LogP contribution in [0.2, 0.25) is 0 Å². The third-order valence-electron chi connectivity index (χ3n) is 3.27. The van der Waals surface area contributed by atoms with Crippen LogP contribution in [-0.4, -0.2) is 33.1 Å². The van der Waals surface area contributed by atoms with Crippen LogP contribution in [0.25, 0.3) is 10.9 Å². The van der Waals surface area contributed by atoms with Crippen molar-refractivity contribution in [2.24, 2.45) is 17.8 Å². The maximum absolute atomic E-state index is 12.5. The molecule has 8 nitrogen and oxygen atoms in total. The Morgan fingerprint density at radius 1 is 1.60 bits per heavy atom. The van der Waals surface area contributed by atoms with Gasteiger partial charge in [-0.05, 0) is 6.72 Å². The summed E-state index contributed by atoms with van der Waals surface area (Å²) in [5.74, 6) is -0.579. The molecule has 3 N–H and O–H groups in total. The van der Waals surface area contributed by atoms with Crippen molar-refractivity contribution in [3.05, 3.63) is 28.5 Å². The number of aliphatic imine (C=N–C) groups is 1. The first-order valence-corrected chi connectivity index (χ1v) is 7.05. The van der Waals surface area contributed by atoms with Crippen LogP contribution in [0.5, 0.6) is 0 Å². The Hall–Kier alpha value is -2.76. The standard InChI is InChI=1S/C13H13F3N6O2S/c1-19-11-10(25)6-4-20-22(12(23)9(6)21(11)2)5-7(18)8(3-17)24-13(14,15)16/h3-4,18,25H,1,5,17H2,2H3/b8-3+,18-7?. The maximum atomic E-state index is 12.5. The number of allylic oxidation sites excluding steroid dienone is 1. The molecule has 0 bridgehead atoms. The molecule has 0 fully saturated rings. The van der Waals surface area contributed by atoms with Crippen molar-refractivity contribution >= 4 is 41.8 Å². The Kier molecular flexibility index (Phi) is 4.92. The SMILES string of the molecule is C=Nc1c(S)c2cnn(CC(=N)/C(=C\N)OC(F)(F)F)c(=O)c2n1C. The molecular formula is C13H13F3N6O2S. The number of thiol groups is 1. The van der Waals surface area contributed by atoms with Crippen molar-refractivity contribution in [3.8, 4) is 0 Å². The average molecular weight is 374 g/mol. The van der Waals surface area contributed by atoms with Crippen molar-refractivity contribution < 1.29 is 17.9 Å². The Labute approximate surface area is 144 Å². The van der Waals surface area contributed by atoms with Crippen LogP contribution in [0.4, 0.5) is 19.0 Å². The van der Waals surface area contributed by atoms with Gasteiger partial charge in [-0.25, -0.2) is 9.67 Å². The van der Waals surface area contributed by atoms with E-state index in [1.165, 1.54) is 10.8 Å². The number of alkyl halides is 3. The van der Waals surface area contributed by atoms with E-state index < -0.39 is 29.9 Å². The molecule has 2 heterocycles. The molecule has 2 rings (SSSR count). The summed E-state index contributed by atoms with van der Waals surface area (Å²) in [7, 11) is 1.56. The molecule has 0 unspecified atom stereocenters. The summed E-state index contributed by atoms with van der Waals surface area (Å²) in [6, 6.07) is 0. The van der Waals surface area contributed by atoms with E-state index in [0.717, 1.165) is 4.68 Å². The molecule has 134 valence electrons. The summed E-state index contributed by atoms with van der Waals surface area (Å²) in [5.41, 5.74) is 3.92. The first kappa shape index (κ1) is 18.6. The molecule has 25 heavy (non-hydrogen) atoms. The summed E-state index contributed by atoms with van der Waals surface area (Å²) in [6.07, 6.45) is -3.21. The largest absolute Gasteiger partial charge is 0.573 e. The van der Waals surface area contributed by atoms with Crippen LogP contribution in [0, 0.1) is 5.41 Å². The van der Waals surface area contributed by atoms with E-state index in [0.29, 0.717) is 22.3 Å². The van der Waals surface area contributed by atoms with Crippen molar-refractivity contribution in [1.82, 2.24) is 14.3 Å². The van der Waals surface area contributed by atoms with E-state index in [2.05, 4.69) is 34.2 Å². The van der Waals surface area contributed by atoms with Crippen LogP contribution < -0.4 is 11.3 Å². The van der Waals surface area contributed by atoms with Crippen LogP contribution in [0.15, 0.2) is 32.8 Å². The number of hydrogen-bond acceptors (Lipinski definition) is 7. The maximum Gasteiger partial charge on any atom is 0.573 e. The zero-order valence-corrected chi connectivity index (χ0v) is 13.7. The molecule has 0 aliphatic rings. The molecular weight excluding hydrogens is 361 g/mol. The van der Waals surface area contributed by atoms with Gasteiger partial charge >= 0.3 is 6.36 Å². The predicted octanol–water partition coefficient (Wildman–Crippen LogP) is 1.71. The fourth-order valence-electron chi connectivity index (χ4n) is 2.20. The average Bonchev–Trinajstić information content (AvgIpc) is 2.77. The Morgan fingerprint density at radius 3 is 2.76 bits per heavy atom. The lowest BCUT2D eigenvalue weighted by molar-refractivity contribution is -0.302. The summed E-state index contributed by atoms with van der Waals surface area (Å²) in [6.45, 7) is 2.82. The molecule has 0 saturated heterocycles. The number of aryl methyl sites for hydroxylation is 1. The zero-order chi connectivity index (χ0) is 18.9. The second kappa shape index (κ2) is 6.63. The van der Waals surface area contributed by atoms with Gasteiger partial charge in [-0.1, -0.05) is 0 Å². The van der Waals surface area contributed by atoms with Crippen LogP contribution >= 0.6 is 12.6 Å². The number of nitrogens with zero attached hydrogens (tertiary/aromatic N) is 4. The summed E-state index contributed by atoms with van der Waals surface area (Å²) in [4.78, 5) is 16.7. The monoisotopic (exact) mass is 374 g/mol. The summed E-state index contributed by atoms with van der Waals surface area (Å²) < 4.78 is 42.8. The minimum atomic E-state index is -5.01. The Balaban J connectivity index is 2.45.